The molecule has 1 aromatic heterocycles. The molecular formula is C9H9N3OS. The van der Waals surface area contributed by atoms with Gasteiger partial charge in [-0.15, -0.1) is 16.9 Å². The third-order valence-corrected chi connectivity index (χ3v) is 2.42. The summed E-state index contributed by atoms with van der Waals surface area (Å²) in [4.78, 5) is 1.21. The van der Waals surface area contributed by atoms with Crippen molar-refractivity contribution in [2.45, 2.75) is 4.90 Å². The van der Waals surface area contributed by atoms with Gasteiger partial charge in [0.25, 0.3) is 5.88 Å². The molecule has 1 N–H and O–H groups in total. The van der Waals surface area contributed by atoms with E-state index in [9.17, 15) is 0 Å². The van der Waals surface area contributed by atoms with Crippen LogP contribution in [0.15, 0.2) is 35.4 Å². The number of aromatic nitrogens is 3. The lowest BCUT2D eigenvalue weighted by atomic mass is 10.3. The zero-order chi connectivity index (χ0) is 9.80. The van der Waals surface area contributed by atoms with Crippen molar-refractivity contribution in [1.82, 2.24) is 15.4 Å². The van der Waals surface area contributed by atoms with Crippen LogP contribution in [-0.2, 0) is 0 Å². The average Bonchev–Trinajstić information content (AvgIpc) is 2.72. The Hall–Kier alpha value is -1.49. The van der Waals surface area contributed by atoms with Crippen LogP contribution in [0.2, 0.25) is 0 Å². The first-order chi connectivity index (χ1) is 6.88. The Bertz CT molecular complexity index is 385. The summed E-state index contributed by atoms with van der Waals surface area (Å²) in [5.41, 5.74) is 0. The van der Waals surface area contributed by atoms with Crippen molar-refractivity contribution in [2.75, 3.05) is 6.26 Å². The Morgan fingerprint density at radius 1 is 1.29 bits per heavy atom. The predicted molar refractivity (Wildman–Crippen MR) is 54.7 cm³/mol. The lowest BCUT2D eigenvalue weighted by Crippen LogP contribution is -1.83. The number of rotatable bonds is 3. The molecule has 0 aliphatic rings. The Balaban J connectivity index is 2.10. The van der Waals surface area contributed by atoms with Gasteiger partial charge >= 0.3 is 0 Å². The summed E-state index contributed by atoms with van der Waals surface area (Å²) in [7, 11) is 0. The van der Waals surface area contributed by atoms with Crippen LogP contribution in [0.4, 0.5) is 0 Å². The largest absolute Gasteiger partial charge is 0.436 e. The minimum absolute atomic E-state index is 0.474. The van der Waals surface area contributed by atoms with Crippen molar-refractivity contribution in [3.8, 4) is 11.6 Å². The van der Waals surface area contributed by atoms with E-state index in [4.69, 9.17) is 4.74 Å². The first kappa shape index (κ1) is 9.08. The van der Waals surface area contributed by atoms with Gasteiger partial charge in [0.1, 0.15) is 11.9 Å². The number of nitrogens with zero attached hydrogens (tertiary/aromatic N) is 2. The Kier molecular flexibility index (Phi) is 2.69. The van der Waals surface area contributed by atoms with Gasteiger partial charge in [-0.2, -0.15) is 10.3 Å². The highest BCUT2D eigenvalue weighted by atomic mass is 32.2. The molecule has 0 amide bonds. The second-order valence-corrected chi connectivity index (χ2v) is 3.47. The van der Waals surface area contributed by atoms with Crippen LogP contribution in [0.1, 0.15) is 0 Å². The molecule has 0 saturated heterocycles. The van der Waals surface area contributed by atoms with E-state index >= 15 is 0 Å². The van der Waals surface area contributed by atoms with E-state index in [1.54, 1.807) is 11.8 Å². The third kappa shape index (κ3) is 2.05. The summed E-state index contributed by atoms with van der Waals surface area (Å²) < 4.78 is 5.40. The van der Waals surface area contributed by atoms with Crippen molar-refractivity contribution < 1.29 is 4.74 Å². The smallest absolute Gasteiger partial charge is 0.258 e. The van der Waals surface area contributed by atoms with E-state index in [1.165, 1.54) is 11.1 Å². The van der Waals surface area contributed by atoms with Gasteiger partial charge in [0.2, 0.25) is 0 Å². The molecule has 0 unspecified atom stereocenters. The summed E-state index contributed by atoms with van der Waals surface area (Å²) in [6.07, 6.45) is 3.57. The number of hydrogen-bond acceptors (Lipinski definition) is 4. The highest BCUT2D eigenvalue weighted by Crippen LogP contribution is 2.22. The highest BCUT2D eigenvalue weighted by molar-refractivity contribution is 7.98. The molecule has 2 rings (SSSR count). The fraction of sp³-hybridized carbons (Fsp3) is 0.111. The molecule has 0 saturated carbocycles. The maximum absolute atomic E-state index is 5.40. The van der Waals surface area contributed by atoms with Gasteiger partial charge in [0.05, 0.1) is 0 Å². The van der Waals surface area contributed by atoms with Gasteiger partial charge in [-0.05, 0) is 30.5 Å². The summed E-state index contributed by atoms with van der Waals surface area (Å²) >= 11 is 1.70. The third-order valence-electron chi connectivity index (χ3n) is 1.67. The molecule has 0 aliphatic heterocycles. The molecule has 5 heteroatoms. The monoisotopic (exact) mass is 207 g/mol. The quantitative estimate of drug-likeness (QED) is 0.785. The van der Waals surface area contributed by atoms with Gasteiger partial charge in [0, 0.05) is 4.90 Å². The molecule has 1 aromatic carbocycles. The van der Waals surface area contributed by atoms with Crippen LogP contribution in [0, 0.1) is 0 Å². The van der Waals surface area contributed by atoms with Crippen molar-refractivity contribution in [1.29, 1.82) is 0 Å². The van der Waals surface area contributed by atoms with E-state index in [1.807, 2.05) is 30.5 Å². The summed E-state index contributed by atoms with van der Waals surface area (Å²) in [6, 6.07) is 7.81. The molecule has 4 nitrogen and oxygen atoms in total. The molecule has 2 aromatic rings. The van der Waals surface area contributed by atoms with E-state index < -0.39 is 0 Å². The first-order valence-electron chi connectivity index (χ1n) is 4.06. The van der Waals surface area contributed by atoms with Crippen LogP contribution in [0.3, 0.4) is 0 Å². The molecule has 1 heterocycles. The summed E-state index contributed by atoms with van der Waals surface area (Å²) in [5.74, 6) is 1.23. The number of nitrogens with one attached hydrogen (secondary N) is 1. The number of aromatic amines is 1. The lowest BCUT2D eigenvalue weighted by Gasteiger charge is -2.01. The van der Waals surface area contributed by atoms with Crippen LogP contribution in [0.25, 0.3) is 0 Å². The molecule has 14 heavy (non-hydrogen) atoms. The van der Waals surface area contributed by atoms with E-state index in [-0.39, 0.29) is 0 Å². The SMILES string of the molecule is CSc1ccc(Oc2cn[nH]n2)cc1. The zero-order valence-corrected chi connectivity index (χ0v) is 8.41. The van der Waals surface area contributed by atoms with Crippen LogP contribution in [0.5, 0.6) is 11.6 Å². The molecule has 0 atom stereocenters. The van der Waals surface area contributed by atoms with Crippen LogP contribution >= 0.6 is 11.8 Å². The van der Waals surface area contributed by atoms with E-state index in [0.29, 0.717) is 5.88 Å². The number of benzene rings is 1. The number of ether oxygens (including phenoxy) is 1. The van der Waals surface area contributed by atoms with Crippen molar-refractivity contribution in [2.24, 2.45) is 0 Å². The highest BCUT2D eigenvalue weighted by Gasteiger charge is 1.98. The molecule has 72 valence electrons. The molecule has 0 aliphatic carbocycles. The topological polar surface area (TPSA) is 50.8 Å². The van der Waals surface area contributed by atoms with Gasteiger partial charge < -0.3 is 4.74 Å². The Labute approximate surface area is 85.7 Å². The molecule has 0 radical (unpaired) electrons. The van der Waals surface area contributed by atoms with Crippen molar-refractivity contribution in [3.05, 3.63) is 30.5 Å². The fourth-order valence-electron chi connectivity index (χ4n) is 1.00. The average molecular weight is 207 g/mol. The van der Waals surface area contributed by atoms with Gasteiger partial charge in [0.15, 0.2) is 0 Å². The molecule has 0 spiro atoms. The van der Waals surface area contributed by atoms with Crippen molar-refractivity contribution in [3.63, 3.8) is 0 Å². The molecule has 0 fully saturated rings. The minimum atomic E-state index is 0.474. The number of hydrogen-bond donors (Lipinski definition) is 1. The van der Waals surface area contributed by atoms with E-state index in [2.05, 4.69) is 15.4 Å². The van der Waals surface area contributed by atoms with Gasteiger partial charge in [-0.3, -0.25) is 0 Å². The van der Waals surface area contributed by atoms with E-state index in [0.717, 1.165) is 5.75 Å². The molecular weight excluding hydrogens is 198 g/mol. The number of thioether (sulfide) groups is 1. The Morgan fingerprint density at radius 2 is 2.07 bits per heavy atom. The minimum Gasteiger partial charge on any atom is -0.436 e. The normalized spacial score (nSPS) is 10.1. The number of H-pyrrole nitrogens is 1. The van der Waals surface area contributed by atoms with Crippen LogP contribution in [-0.4, -0.2) is 21.7 Å². The maximum atomic E-state index is 5.40. The van der Waals surface area contributed by atoms with Crippen LogP contribution < -0.4 is 4.74 Å². The predicted octanol–water partition coefficient (Wildman–Crippen LogP) is 2.32. The lowest BCUT2D eigenvalue weighted by molar-refractivity contribution is 0.461. The Morgan fingerprint density at radius 3 is 2.64 bits per heavy atom. The fourth-order valence-corrected chi connectivity index (χ4v) is 1.41. The summed E-state index contributed by atoms with van der Waals surface area (Å²) in [5, 5.41) is 9.92. The van der Waals surface area contributed by atoms with Gasteiger partial charge in [-0.1, -0.05) is 0 Å². The zero-order valence-electron chi connectivity index (χ0n) is 7.60. The molecule has 0 bridgehead atoms. The second-order valence-electron chi connectivity index (χ2n) is 2.59. The first-order valence-corrected chi connectivity index (χ1v) is 5.28. The van der Waals surface area contributed by atoms with Crippen molar-refractivity contribution >= 4 is 11.8 Å². The van der Waals surface area contributed by atoms with Gasteiger partial charge in [-0.25, -0.2) is 0 Å². The maximum Gasteiger partial charge on any atom is 0.258 e. The standard InChI is InChI=1S/C9H9N3OS/c1-14-8-4-2-7(3-5-8)13-9-6-10-12-11-9/h2-6H,1H3,(H,10,11,12). The summed E-state index contributed by atoms with van der Waals surface area (Å²) in [6.45, 7) is 0. The second kappa shape index (κ2) is 4.15.